The summed E-state index contributed by atoms with van der Waals surface area (Å²) in [6.07, 6.45) is -0.495. The average Bonchev–Trinajstić information content (AvgIpc) is 3.11. The van der Waals surface area contributed by atoms with Crippen LogP contribution in [0.2, 0.25) is 0 Å². The van der Waals surface area contributed by atoms with Gasteiger partial charge in [-0.2, -0.15) is 0 Å². The van der Waals surface area contributed by atoms with Gasteiger partial charge in [0.25, 0.3) is 5.91 Å². The van der Waals surface area contributed by atoms with Crippen LogP contribution in [0, 0.1) is 5.41 Å². The second-order valence-corrected chi connectivity index (χ2v) is 9.87. The molecule has 9 nitrogen and oxygen atoms in total. The molecule has 0 aromatic heterocycles. The number of carbonyl (C=O) groups excluding carboxylic acids is 3. The van der Waals surface area contributed by atoms with Gasteiger partial charge in [0.15, 0.2) is 5.78 Å². The predicted octanol–water partition coefficient (Wildman–Crippen LogP) is 4.40. The van der Waals surface area contributed by atoms with Crippen molar-refractivity contribution in [2.75, 3.05) is 34.3 Å². The molecule has 0 unspecified atom stereocenters. The first kappa shape index (κ1) is 29.8. The minimum Gasteiger partial charge on any atom is -0.493 e. The summed E-state index contributed by atoms with van der Waals surface area (Å²) in [5, 5.41) is 11.2. The van der Waals surface area contributed by atoms with Gasteiger partial charge in [-0.15, -0.1) is 17.0 Å². The van der Waals surface area contributed by atoms with Gasteiger partial charge < -0.3 is 24.6 Å². The maximum absolute atomic E-state index is 13.3. The van der Waals surface area contributed by atoms with Gasteiger partial charge in [0, 0.05) is 44.4 Å². The Morgan fingerprint density at radius 2 is 1.78 bits per heavy atom. The van der Waals surface area contributed by atoms with Gasteiger partial charge in [-0.1, -0.05) is 20.8 Å². The molecule has 37 heavy (non-hydrogen) atoms. The fourth-order valence-corrected chi connectivity index (χ4v) is 3.98. The highest BCUT2D eigenvalue weighted by Crippen LogP contribution is 2.34. The van der Waals surface area contributed by atoms with Crippen molar-refractivity contribution in [3.8, 4) is 11.5 Å². The number of nitrogens with one attached hydrogen (secondary N) is 2. The zero-order valence-corrected chi connectivity index (χ0v) is 24.1. The van der Waals surface area contributed by atoms with E-state index in [1.807, 2.05) is 27.7 Å². The van der Waals surface area contributed by atoms with E-state index in [-0.39, 0.29) is 46.5 Å². The molecule has 0 radical (unpaired) electrons. The number of nitrogens with zero attached hydrogens (tertiary/aromatic N) is 2. The van der Waals surface area contributed by atoms with E-state index < -0.39 is 6.09 Å². The van der Waals surface area contributed by atoms with Crippen LogP contribution in [-0.2, 0) is 12.0 Å². The molecular weight excluding hydrogens is 540 g/mol. The number of hydrogen-bond donors (Lipinski definition) is 2. The number of carbonyl (C=O) groups is 3. The quantitative estimate of drug-likeness (QED) is 0.474. The number of fused-ring (bicyclic) bond motifs is 1. The van der Waals surface area contributed by atoms with Gasteiger partial charge in [-0.3, -0.25) is 15.0 Å². The van der Waals surface area contributed by atoms with Crippen molar-refractivity contribution in [1.82, 2.24) is 15.1 Å². The lowest BCUT2D eigenvalue weighted by atomic mass is 9.85. The van der Waals surface area contributed by atoms with Crippen molar-refractivity contribution < 1.29 is 23.9 Å². The second kappa shape index (κ2) is 11.8. The van der Waals surface area contributed by atoms with Gasteiger partial charge in [-0.25, -0.2) is 4.79 Å². The molecule has 0 saturated heterocycles. The molecule has 0 atom stereocenters. The minimum absolute atomic E-state index is 0. The van der Waals surface area contributed by atoms with E-state index in [0.29, 0.717) is 41.3 Å². The van der Waals surface area contributed by atoms with Gasteiger partial charge >= 0.3 is 6.09 Å². The smallest absolute Gasteiger partial charge is 0.414 e. The Morgan fingerprint density at radius 1 is 1.11 bits per heavy atom. The molecule has 2 amide bonds. The van der Waals surface area contributed by atoms with Crippen LogP contribution in [0.5, 0.6) is 11.5 Å². The molecule has 0 saturated carbocycles. The molecule has 1 aliphatic rings. The van der Waals surface area contributed by atoms with Crippen molar-refractivity contribution >= 4 is 40.6 Å². The highest BCUT2D eigenvalue weighted by atomic mass is 79.9. The van der Waals surface area contributed by atoms with Crippen LogP contribution in [0.25, 0.3) is 0 Å². The maximum Gasteiger partial charge on any atom is 0.414 e. The van der Waals surface area contributed by atoms with Crippen molar-refractivity contribution in [2.45, 2.75) is 39.7 Å². The van der Waals surface area contributed by atoms with Crippen molar-refractivity contribution in [3.63, 3.8) is 0 Å². The van der Waals surface area contributed by atoms with Gasteiger partial charge in [0.1, 0.15) is 17.3 Å². The van der Waals surface area contributed by atoms with E-state index in [2.05, 4.69) is 5.32 Å². The molecule has 0 fully saturated rings. The van der Waals surface area contributed by atoms with Crippen molar-refractivity contribution in [1.29, 1.82) is 5.41 Å². The van der Waals surface area contributed by atoms with Crippen molar-refractivity contribution in [3.05, 3.63) is 58.1 Å². The number of ketones is 1. The second-order valence-electron chi connectivity index (χ2n) is 9.87. The molecule has 0 aliphatic carbocycles. The van der Waals surface area contributed by atoms with Crippen molar-refractivity contribution in [2.24, 2.45) is 0 Å². The van der Waals surface area contributed by atoms with E-state index in [9.17, 15) is 14.4 Å². The minimum atomic E-state index is -0.495. The van der Waals surface area contributed by atoms with Crippen LogP contribution in [0.4, 0.5) is 4.79 Å². The van der Waals surface area contributed by atoms with Gasteiger partial charge in [0.2, 0.25) is 0 Å². The maximum atomic E-state index is 13.3. The summed E-state index contributed by atoms with van der Waals surface area (Å²) in [7, 11) is 4.75. The zero-order chi connectivity index (χ0) is 26.8. The fourth-order valence-electron chi connectivity index (χ4n) is 3.98. The summed E-state index contributed by atoms with van der Waals surface area (Å²) in [5.41, 5.74) is 2.61. The lowest BCUT2D eigenvalue weighted by Gasteiger charge is -2.24. The standard InChI is InChI=1S/C27H34N4O5.BrH/c1-8-35-23-12-17-14-31(24(28)18(17)13-19(23)25(33)29-5)15-21(32)16-9-10-22(36-26(34)30(6)7)20(11-16)27(2,3)4;/h9-13,28H,8,14-15H2,1-7H3,(H,29,33);1H. The Bertz CT molecular complexity index is 1220. The SMILES string of the molecule is Br.CCOc1cc2c(cc1C(=O)NC)C(=N)N(CC(=O)c1ccc(OC(=O)N(C)C)c(C(C)(C)C)c1)C2. The number of halogens is 1. The number of benzene rings is 2. The van der Waals surface area contributed by atoms with Crippen LogP contribution in [0.15, 0.2) is 30.3 Å². The summed E-state index contributed by atoms with van der Waals surface area (Å²) in [6, 6.07) is 8.46. The summed E-state index contributed by atoms with van der Waals surface area (Å²) in [5.74, 6) is 0.575. The topological polar surface area (TPSA) is 112 Å². The van der Waals surface area contributed by atoms with E-state index in [1.54, 1.807) is 56.4 Å². The van der Waals surface area contributed by atoms with E-state index in [0.717, 1.165) is 11.1 Å². The number of amides is 2. The first-order chi connectivity index (χ1) is 16.9. The molecular formula is C27H35BrN4O5. The largest absolute Gasteiger partial charge is 0.493 e. The normalized spacial score (nSPS) is 12.4. The summed E-state index contributed by atoms with van der Waals surface area (Å²) in [6.45, 7) is 8.54. The molecule has 1 heterocycles. The number of hydrogen-bond acceptors (Lipinski definition) is 6. The highest BCUT2D eigenvalue weighted by molar-refractivity contribution is 8.93. The molecule has 0 bridgehead atoms. The summed E-state index contributed by atoms with van der Waals surface area (Å²) < 4.78 is 11.2. The lowest BCUT2D eigenvalue weighted by Crippen LogP contribution is -2.30. The average molecular weight is 576 g/mol. The number of ether oxygens (including phenoxy) is 2. The van der Waals surface area contributed by atoms with Crippen LogP contribution in [0.1, 0.15) is 65.1 Å². The molecule has 1 aliphatic heterocycles. The Balaban J connectivity index is 0.00000481. The third-order valence-corrected chi connectivity index (χ3v) is 5.92. The molecule has 200 valence electrons. The highest BCUT2D eigenvalue weighted by Gasteiger charge is 2.30. The first-order valence-corrected chi connectivity index (χ1v) is 11.8. The molecule has 0 spiro atoms. The van der Waals surface area contributed by atoms with Crippen LogP contribution in [0.3, 0.4) is 0 Å². The zero-order valence-electron chi connectivity index (χ0n) is 22.4. The Morgan fingerprint density at radius 3 is 2.35 bits per heavy atom. The summed E-state index contributed by atoms with van der Waals surface area (Å²) in [4.78, 5) is 40.7. The molecule has 10 heteroatoms. The Hall–Kier alpha value is -3.40. The van der Waals surface area contributed by atoms with E-state index in [4.69, 9.17) is 14.9 Å². The van der Waals surface area contributed by atoms with E-state index in [1.165, 1.54) is 4.90 Å². The summed E-state index contributed by atoms with van der Waals surface area (Å²) >= 11 is 0. The molecule has 3 rings (SSSR count). The monoisotopic (exact) mass is 574 g/mol. The molecule has 2 aromatic rings. The van der Waals surface area contributed by atoms with Crippen LogP contribution < -0.4 is 14.8 Å². The Kier molecular flexibility index (Phi) is 9.49. The fraction of sp³-hybridized carbons (Fsp3) is 0.407. The first-order valence-electron chi connectivity index (χ1n) is 11.8. The third-order valence-electron chi connectivity index (χ3n) is 5.92. The number of rotatable bonds is 7. The third kappa shape index (κ3) is 6.49. The van der Waals surface area contributed by atoms with Crippen LogP contribution >= 0.6 is 17.0 Å². The predicted molar refractivity (Wildman–Crippen MR) is 148 cm³/mol. The lowest BCUT2D eigenvalue weighted by molar-refractivity contribution is 0.0953. The van der Waals surface area contributed by atoms with Gasteiger partial charge in [-0.05, 0) is 48.2 Å². The Labute approximate surface area is 228 Å². The van der Waals surface area contributed by atoms with Crippen LogP contribution in [-0.4, -0.2) is 67.7 Å². The number of Topliss-reactive ketones (excluding diaryl/α,β-unsaturated/α-hetero) is 1. The number of amidine groups is 1. The van der Waals surface area contributed by atoms with E-state index >= 15 is 0 Å². The molecule has 2 aromatic carbocycles. The van der Waals surface area contributed by atoms with Gasteiger partial charge in [0.05, 0.1) is 18.7 Å². The molecule has 2 N–H and O–H groups in total.